The van der Waals surface area contributed by atoms with E-state index in [1.54, 1.807) is 6.92 Å². The number of nitrogens with zero attached hydrogens (tertiary/aromatic N) is 2. The molecule has 0 radical (unpaired) electrons. The maximum atomic E-state index is 12.8. The van der Waals surface area contributed by atoms with Crippen molar-refractivity contribution in [1.82, 2.24) is 14.9 Å². The average Bonchev–Trinajstić information content (AvgIpc) is 3.34. The van der Waals surface area contributed by atoms with Crippen LogP contribution in [0.25, 0.3) is 11.0 Å². The largest absolute Gasteiger partial charge is 0.392 e. The molecule has 4 rings (SSSR count). The lowest BCUT2D eigenvalue weighted by Crippen LogP contribution is -2.41. The Kier molecular flexibility index (Phi) is 5.08. The second-order valence-corrected chi connectivity index (χ2v) is 8.44. The average molecular weight is 370 g/mol. The highest BCUT2D eigenvalue weighted by Gasteiger charge is 2.42. The van der Waals surface area contributed by atoms with Crippen molar-refractivity contribution in [1.29, 1.82) is 0 Å². The normalized spacial score (nSPS) is 26.3. The Hall–Kier alpha value is -2.08. The van der Waals surface area contributed by atoms with Gasteiger partial charge in [0.15, 0.2) is 0 Å². The van der Waals surface area contributed by atoms with E-state index in [1.165, 1.54) is 25.7 Å². The molecule has 2 saturated carbocycles. The summed E-state index contributed by atoms with van der Waals surface area (Å²) in [4.78, 5) is 17.4. The highest BCUT2D eigenvalue weighted by molar-refractivity contribution is 5.83. The molecule has 2 bridgehead atoms. The Balaban J connectivity index is 1.46. The number of aliphatic hydroxyl groups is 1. The summed E-state index contributed by atoms with van der Waals surface area (Å²) in [5, 5.41) is 16.0. The molecular weight excluding hydrogens is 340 g/mol. The molecule has 1 heterocycles. The quantitative estimate of drug-likeness (QED) is 0.700. The van der Waals surface area contributed by atoms with E-state index >= 15 is 0 Å². The number of para-hydroxylation sites is 2. The number of carbonyl (C=O) groups excluding carboxylic acids is 1. The summed E-state index contributed by atoms with van der Waals surface area (Å²) in [6.45, 7) is 4.51. The van der Waals surface area contributed by atoms with Gasteiger partial charge in [-0.3, -0.25) is 4.79 Å². The molecule has 1 aromatic heterocycles. The topological polar surface area (TPSA) is 79.2 Å². The van der Waals surface area contributed by atoms with Gasteiger partial charge in [-0.2, -0.15) is 0 Å². The van der Waals surface area contributed by atoms with Crippen LogP contribution in [0.4, 0.5) is 5.95 Å². The molecule has 0 saturated heterocycles. The molecule has 2 aromatic rings. The monoisotopic (exact) mass is 370 g/mol. The number of aliphatic hydroxyl groups excluding tert-OH is 1. The second kappa shape index (κ2) is 7.50. The lowest BCUT2D eigenvalue weighted by Gasteiger charge is -2.28. The third-order valence-electron chi connectivity index (χ3n) is 6.34. The van der Waals surface area contributed by atoms with Gasteiger partial charge in [-0.1, -0.05) is 18.6 Å². The zero-order chi connectivity index (χ0) is 19.0. The first-order chi connectivity index (χ1) is 13.0. The highest BCUT2D eigenvalue weighted by atomic mass is 16.3. The zero-order valence-corrected chi connectivity index (χ0v) is 16.2. The van der Waals surface area contributed by atoms with Gasteiger partial charge in [0.2, 0.25) is 11.9 Å². The summed E-state index contributed by atoms with van der Waals surface area (Å²) in [7, 11) is 0. The molecule has 1 aromatic carbocycles. The lowest BCUT2D eigenvalue weighted by atomic mass is 9.84. The van der Waals surface area contributed by atoms with Crippen molar-refractivity contribution < 1.29 is 9.90 Å². The number of nitrogens with one attached hydrogen (secondary N) is 2. The van der Waals surface area contributed by atoms with Gasteiger partial charge >= 0.3 is 0 Å². The molecule has 1 amide bonds. The van der Waals surface area contributed by atoms with E-state index in [2.05, 4.69) is 22.5 Å². The maximum absolute atomic E-state index is 12.8. The van der Waals surface area contributed by atoms with Crippen molar-refractivity contribution in [3.8, 4) is 0 Å². The van der Waals surface area contributed by atoms with Crippen LogP contribution in [-0.2, 0) is 11.3 Å². The van der Waals surface area contributed by atoms with Crippen molar-refractivity contribution >= 4 is 22.9 Å². The van der Waals surface area contributed by atoms with Gasteiger partial charge in [-0.25, -0.2) is 4.98 Å². The van der Waals surface area contributed by atoms with Crippen LogP contribution < -0.4 is 10.6 Å². The smallest absolute Gasteiger partial charge is 0.240 e. The molecule has 6 nitrogen and oxygen atoms in total. The zero-order valence-electron chi connectivity index (χ0n) is 16.2. The fourth-order valence-electron chi connectivity index (χ4n) is 5.07. The molecule has 2 aliphatic rings. The van der Waals surface area contributed by atoms with Crippen LogP contribution in [0.2, 0.25) is 0 Å². The van der Waals surface area contributed by atoms with Gasteiger partial charge in [0.1, 0.15) is 6.54 Å². The molecule has 5 atom stereocenters. The van der Waals surface area contributed by atoms with Crippen LogP contribution in [0.5, 0.6) is 0 Å². The minimum absolute atomic E-state index is 0.0218. The van der Waals surface area contributed by atoms with Gasteiger partial charge in [0, 0.05) is 12.6 Å². The van der Waals surface area contributed by atoms with Crippen LogP contribution >= 0.6 is 0 Å². The maximum Gasteiger partial charge on any atom is 0.240 e. The van der Waals surface area contributed by atoms with Gasteiger partial charge in [0.05, 0.1) is 17.1 Å². The standard InChI is InChI=1S/C21H30N4O2/c1-13(26)11-22-21-24-18-5-3-4-6-19(18)25(21)12-20(27)23-14(2)17-10-15-7-8-16(17)9-15/h3-6,13-17,26H,7-12H2,1-2H3,(H,22,24)(H,23,27)/t13-,14+,15-,16-,17+/m0/s1. The van der Waals surface area contributed by atoms with Crippen LogP contribution in [0.15, 0.2) is 24.3 Å². The van der Waals surface area contributed by atoms with E-state index in [4.69, 9.17) is 0 Å². The minimum atomic E-state index is -0.482. The van der Waals surface area contributed by atoms with Gasteiger partial charge in [-0.05, 0) is 63.0 Å². The number of carbonyl (C=O) groups is 1. The predicted octanol–water partition coefficient (Wildman–Crippen LogP) is 2.77. The summed E-state index contributed by atoms with van der Waals surface area (Å²) in [5.74, 6) is 2.95. The van der Waals surface area contributed by atoms with Crippen LogP contribution in [0, 0.1) is 17.8 Å². The first-order valence-electron chi connectivity index (χ1n) is 10.2. The molecule has 2 aliphatic carbocycles. The molecule has 2 fully saturated rings. The Bertz CT molecular complexity index is 816. The highest BCUT2D eigenvalue weighted by Crippen LogP contribution is 2.49. The van der Waals surface area contributed by atoms with E-state index in [-0.39, 0.29) is 18.5 Å². The number of anilines is 1. The Morgan fingerprint density at radius 2 is 2.11 bits per heavy atom. The number of aromatic nitrogens is 2. The van der Waals surface area contributed by atoms with Crippen LogP contribution in [0.3, 0.4) is 0 Å². The van der Waals surface area contributed by atoms with Crippen molar-refractivity contribution in [2.75, 3.05) is 11.9 Å². The van der Waals surface area contributed by atoms with Crippen molar-refractivity contribution in [3.05, 3.63) is 24.3 Å². The summed E-state index contributed by atoms with van der Waals surface area (Å²) < 4.78 is 1.90. The van der Waals surface area contributed by atoms with E-state index in [9.17, 15) is 9.90 Å². The molecule has 0 aliphatic heterocycles. The molecule has 146 valence electrons. The van der Waals surface area contributed by atoms with Crippen molar-refractivity contribution in [3.63, 3.8) is 0 Å². The summed E-state index contributed by atoms with van der Waals surface area (Å²) >= 11 is 0. The van der Waals surface area contributed by atoms with E-state index < -0.39 is 6.10 Å². The summed E-state index contributed by atoms with van der Waals surface area (Å²) in [5.41, 5.74) is 1.77. The number of imidazole rings is 1. The van der Waals surface area contributed by atoms with E-state index in [0.717, 1.165) is 22.9 Å². The van der Waals surface area contributed by atoms with Gasteiger partial charge in [0.25, 0.3) is 0 Å². The second-order valence-electron chi connectivity index (χ2n) is 8.44. The molecular formula is C21H30N4O2. The fraction of sp³-hybridized carbons (Fsp3) is 0.619. The molecule has 0 unspecified atom stereocenters. The molecule has 27 heavy (non-hydrogen) atoms. The van der Waals surface area contributed by atoms with Gasteiger partial charge < -0.3 is 20.3 Å². The number of hydrogen-bond donors (Lipinski definition) is 3. The van der Waals surface area contributed by atoms with E-state index in [0.29, 0.717) is 18.4 Å². The third-order valence-corrected chi connectivity index (χ3v) is 6.34. The first-order valence-corrected chi connectivity index (χ1v) is 10.2. The molecule has 6 heteroatoms. The number of rotatable bonds is 7. The summed E-state index contributed by atoms with van der Waals surface area (Å²) in [6, 6.07) is 8.03. The van der Waals surface area contributed by atoms with Crippen LogP contribution in [-0.4, -0.2) is 39.3 Å². The predicted molar refractivity (Wildman–Crippen MR) is 106 cm³/mol. The number of hydrogen-bond acceptors (Lipinski definition) is 4. The fourth-order valence-corrected chi connectivity index (χ4v) is 5.07. The van der Waals surface area contributed by atoms with Crippen molar-refractivity contribution in [2.45, 2.75) is 58.2 Å². The SMILES string of the molecule is C[C@H](O)CNc1nc2ccccc2n1CC(=O)N[C@H](C)[C@H]1C[C@H]2CC[C@H]1C2. The van der Waals surface area contributed by atoms with E-state index in [1.807, 2.05) is 28.8 Å². The summed E-state index contributed by atoms with van der Waals surface area (Å²) in [6.07, 6.45) is 4.84. The number of fused-ring (bicyclic) bond motifs is 3. The van der Waals surface area contributed by atoms with Crippen LogP contribution in [0.1, 0.15) is 39.5 Å². The van der Waals surface area contributed by atoms with Gasteiger partial charge in [-0.15, -0.1) is 0 Å². The lowest BCUT2D eigenvalue weighted by molar-refractivity contribution is -0.122. The minimum Gasteiger partial charge on any atom is -0.392 e. The number of benzene rings is 1. The molecule has 3 N–H and O–H groups in total. The third kappa shape index (κ3) is 3.81. The number of amides is 1. The Morgan fingerprint density at radius 3 is 2.81 bits per heavy atom. The molecule has 0 spiro atoms. The first kappa shape index (κ1) is 18.3. The Labute approximate surface area is 160 Å². The van der Waals surface area contributed by atoms with Crippen molar-refractivity contribution in [2.24, 2.45) is 17.8 Å². The Morgan fingerprint density at radius 1 is 1.30 bits per heavy atom.